The van der Waals surface area contributed by atoms with Gasteiger partial charge in [0.25, 0.3) is 0 Å². The summed E-state index contributed by atoms with van der Waals surface area (Å²) < 4.78 is 33.8. The Labute approximate surface area is 169 Å². The number of rotatable bonds is 5. The maximum atomic E-state index is 13.5. The molecule has 0 radical (unpaired) electrons. The number of carbonyl (C=O) groups excluding carboxylic acids is 1. The van der Waals surface area contributed by atoms with Crippen molar-refractivity contribution in [3.63, 3.8) is 0 Å². The molecule has 2 atom stereocenters. The van der Waals surface area contributed by atoms with Crippen LogP contribution in [0.2, 0.25) is 5.02 Å². The Morgan fingerprint density at radius 3 is 2.64 bits per heavy atom. The van der Waals surface area contributed by atoms with E-state index in [-0.39, 0.29) is 17.5 Å². The zero-order chi connectivity index (χ0) is 20.5. The fourth-order valence-electron chi connectivity index (χ4n) is 3.35. The summed E-state index contributed by atoms with van der Waals surface area (Å²) in [6.07, 6.45) is 2.17. The van der Waals surface area contributed by atoms with Gasteiger partial charge in [0.05, 0.1) is 17.1 Å². The quantitative estimate of drug-likeness (QED) is 0.793. The Kier molecular flexibility index (Phi) is 5.97. The van der Waals surface area contributed by atoms with E-state index in [9.17, 15) is 13.2 Å². The molecule has 0 unspecified atom stereocenters. The molecule has 0 aliphatic carbocycles. The molecule has 2 heterocycles. The summed E-state index contributed by atoms with van der Waals surface area (Å²) >= 11 is 5.92. The van der Waals surface area contributed by atoms with E-state index >= 15 is 0 Å². The molecule has 1 aliphatic rings. The van der Waals surface area contributed by atoms with Crippen molar-refractivity contribution >= 4 is 27.7 Å². The summed E-state index contributed by atoms with van der Waals surface area (Å²) in [4.78, 5) is 13.4. The molecule has 1 amide bonds. The van der Waals surface area contributed by atoms with Crippen molar-refractivity contribution in [3.05, 3.63) is 46.7 Å². The third-order valence-corrected chi connectivity index (χ3v) is 7.04. The molecular formula is C18H23ClN4O4S. The zero-order valence-corrected chi connectivity index (χ0v) is 17.5. The number of nitrogens with zero attached hydrogens (tertiary/aromatic N) is 3. The van der Waals surface area contributed by atoms with Crippen LogP contribution in [-0.2, 0) is 21.2 Å². The molecule has 8 nitrogen and oxygen atoms in total. The molecule has 1 aromatic carbocycles. The smallest absolute Gasteiger partial charge is 0.409 e. The minimum absolute atomic E-state index is 0.104. The summed E-state index contributed by atoms with van der Waals surface area (Å²) in [6.45, 7) is 1.83. The molecule has 1 N–H and O–H groups in total. The van der Waals surface area contributed by atoms with Crippen LogP contribution in [0.1, 0.15) is 30.6 Å². The molecule has 0 bridgehead atoms. The van der Waals surface area contributed by atoms with Crippen LogP contribution in [0.5, 0.6) is 0 Å². The monoisotopic (exact) mass is 426 g/mol. The first-order valence-electron chi connectivity index (χ1n) is 8.91. The first-order chi connectivity index (χ1) is 13.3. The molecule has 10 heteroatoms. The van der Waals surface area contributed by atoms with E-state index in [1.165, 1.54) is 21.3 Å². The third kappa shape index (κ3) is 3.87. The summed E-state index contributed by atoms with van der Waals surface area (Å²) in [6, 6.07) is 5.10. The third-order valence-electron chi connectivity index (χ3n) is 4.81. The number of aromatic amines is 1. The summed E-state index contributed by atoms with van der Waals surface area (Å²) in [5.41, 5.74) is 1.58. The number of hydrogen-bond acceptors (Lipinski definition) is 5. The number of hydrogen-bond donors (Lipinski definition) is 1. The molecule has 152 valence electrons. The van der Waals surface area contributed by atoms with Crippen LogP contribution in [0.15, 0.2) is 35.4 Å². The van der Waals surface area contributed by atoms with E-state index in [0.717, 1.165) is 5.69 Å². The topological polar surface area (TPSA) is 95.6 Å². The number of benzene rings is 1. The second-order valence-corrected chi connectivity index (χ2v) is 9.13. The average Bonchev–Trinajstić information content (AvgIpc) is 3.13. The van der Waals surface area contributed by atoms with E-state index in [1.807, 2.05) is 6.92 Å². The summed E-state index contributed by atoms with van der Waals surface area (Å²) in [7, 11) is -0.704. The molecular weight excluding hydrogens is 404 g/mol. The van der Waals surface area contributed by atoms with Crippen molar-refractivity contribution in [2.75, 3.05) is 20.7 Å². The van der Waals surface area contributed by atoms with Crippen LogP contribution >= 0.6 is 11.6 Å². The van der Waals surface area contributed by atoms with Gasteiger partial charge in [-0.1, -0.05) is 18.5 Å². The minimum atomic E-state index is -3.85. The number of amides is 1. The number of ether oxygens (including phenoxy) is 1. The van der Waals surface area contributed by atoms with Crippen LogP contribution in [0.3, 0.4) is 0 Å². The Morgan fingerprint density at radius 1 is 1.36 bits per heavy atom. The van der Waals surface area contributed by atoms with Gasteiger partial charge >= 0.3 is 6.09 Å². The highest BCUT2D eigenvalue weighted by Gasteiger charge is 2.43. The average molecular weight is 427 g/mol. The van der Waals surface area contributed by atoms with E-state index in [1.54, 1.807) is 32.4 Å². The van der Waals surface area contributed by atoms with Crippen molar-refractivity contribution in [1.82, 2.24) is 19.4 Å². The van der Waals surface area contributed by atoms with E-state index in [0.29, 0.717) is 23.4 Å². The molecule has 0 spiro atoms. The number of halogens is 1. The van der Waals surface area contributed by atoms with Gasteiger partial charge in [-0.05, 0) is 30.7 Å². The van der Waals surface area contributed by atoms with Gasteiger partial charge in [0.1, 0.15) is 6.61 Å². The zero-order valence-electron chi connectivity index (χ0n) is 15.9. The first-order valence-corrected chi connectivity index (χ1v) is 10.7. The first kappa shape index (κ1) is 20.6. The fourth-order valence-corrected chi connectivity index (χ4v) is 5.32. The maximum absolute atomic E-state index is 13.5. The van der Waals surface area contributed by atoms with E-state index in [4.69, 9.17) is 16.3 Å². The highest BCUT2D eigenvalue weighted by molar-refractivity contribution is 7.89. The number of nitrogens with one attached hydrogen (secondary N) is 1. The molecule has 3 rings (SSSR count). The molecule has 28 heavy (non-hydrogen) atoms. The lowest BCUT2D eigenvalue weighted by atomic mass is 9.95. The Hall–Kier alpha value is -2.10. The van der Waals surface area contributed by atoms with E-state index in [2.05, 4.69) is 10.2 Å². The van der Waals surface area contributed by atoms with Crippen molar-refractivity contribution in [3.8, 4) is 0 Å². The maximum Gasteiger partial charge on any atom is 0.409 e. The lowest BCUT2D eigenvalue weighted by molar-refractivity contribution is 0.0817. The second kappa shape index (κ2) is 8.10. The van der Waals surface area contributed by atoms with Crippen LogP contribution in [-0.4, -0.2) is 60.7 Å². The van der Waals surface area contributed by atoms with Gasteiger partial charge in [0.15, 0.2) is 0 Å². The Morgan fingerprint density at radius 2 is 2.04 bits per heavy atom. The molecule has 0 fully saturated rings. The largest absolute Gasteiger partial charge is 0.447 e. The van der Waals surface area contributed by atoms with Crippen LogP contribution in [0.25, 0.3) is 0 Å². The molecule has 0 saturated carbocycles. The summed E-state index contributed by atoms with van der Waals surface area (Å²) in [5, 5.41) is 7.47. The van der Waals surface area contributed by atoms with Crippen LogP contribution in [0.4, 0.5) is 4.79 Å². The molecule has 0 saturated heterocycles. The van der Waals surface area contributed by atoms with Gasteiger partial charge in [0.2, 0.25) is 10.0 Å². The Balaban J connectivity index is 2.03. The number of sulfonamides is 1. The van der Waals surface area contributed by atoms with E-state index < -0.39 is 22.2 Å². The number of aromatic nitrogens is 2. The highest BCUT2D eigenvalue weighted by atomic mass is 35.5. The molecule has 1 aromatic heterocycles. The van der Waals surface area contributed by atoms with Crippen molar-refractivity contribution in [2.45, 2.75) is 36.7 Å². The highest BCUT2D eigenvalue weighted by Crippen LogP contribution is 2.38. The summed E-state index contributed by atoms with van der Waals surface area (Å²) in [5.74, 6) is 0. The van der Waals surface area contributed by atoms with Gasteiger partial charge in [-0.2, -0.15) is 9.40 Å². The van der Waals surface area contributed by atoms with Gasteiger partial charge < -0.3 is 9.64 Å². The number of H-pyrrole nitrogens is 1. The van der Waals surface area contributed by atoms with Crippen molar-refractivity contribution in [2.24, 2.45) is 0 Å². The van der Waals surface area contributed by atoms with Gasteiger partial charge in [-0.3, -0.25) is 5.10 Å². The lowest BCUT2D eigenvalue weighted by Crippen LogP contribution is -2.48. The number of carbonyl (C=O) groups is 1. The second-order valence-electron chi connectivity index (χ2n) is 6.85. The van der Waals surface area contributed by atoms with Crippen molar-refractivity contribution in [1.29, 1.82) is 0 Å². The predicted octanol–water partition coefficient (Wildman–Crippen LogP) is 2.83. The van der Waals surface area contributed by atoms with Gasteiger partial charge in [0, 0.05) is 42.8 Å². The molecule has 1 aliphatic heterocycles. The minimum Gasteiger partial charge on any atom is -0.447 e. The lowest BCUT2D eigenvalue weighted by Gasteiger charge is -2.40. The SMILES string of the molecule is CC[C@@H]1Cc2[nH]ncc2[C@H](COC(=O)N(C)C)N1S(=O)(=O)c1ccc(Cl)cc1. The fraction of sp³-hybridized carbons (Fsp3) is 0.444. The predicted molar refractivity (Wildman–Crippen MR) is 105 cm³/mol. The van der Waals surface area contributed by atoms with Crippen LogP contribution in [0, 0.1) is 0 Å². The number of fused-ring (bicyclic) bond motifs is 1. The molecule has 2 aromatic rings. The Bertz CT molecular complexity index is 943. The van der Waals surface area contributed by atoms with Gasteiger partial charge in [-0.25, -0.2) is 13.2 Å². The standard InChI is InChI=1S/C18H23ClN4O4S/c1-4-13-9-16-15(10-20-21-16)17(11-27-18(24)22(2)3)23(13)28(25,26)14-7-5-12(19)6-8-14/h5-8,10,13,17H,4,9,11H2,1-3H3,(H,20,21)/t13-,17+/m1/s1. The van der Waals surface area contributed by atoms with Crippen molar-refractivity contribution < 1.29 is 17.9 Å². The van der Waals surface area contributed by atoms with Gasteiger partial charge in [-0.15, -0.1) is 0 Å². The normalized spacial score (nSPS) is 19.9. The van der Waals surface area contributed by atoms with Crippen LogP contribution < -0.4 is 0 Å².